The van der Waals surface area contributed by atoms with Crippen molar-refractivity contribution in [2.75, 3.05) is 20.7 Å². The van der Waals surface area contributed by atoms with Crippen LogP contribution in [0.2, 0.25) is 0 Å². The fraction of sp³-hybridized carbons (Fsp3) is 0.500. The molecule has 18 heavy (non-hydrogen) atoms. The molecule has 0 amide bonds. The topological polar surface area (TPSA) is 38.5 Å². The standard InChI is InChI=1S/C14H22N2OS/c1-10-6-7-12(11(8-10)13(15)18)17-9-14(2,3)16(4)5/h6-8H,9H2,1-5H3,(H2,15,18). The number of aryl methyl sites for hydroxylation is 1. The Morgan fingerprint density at radius 3 is 2.50 bits per heavy atom. The van der Waals surface area contributed by atoms with Crippen LogP contribution in [0.4, 0.5) is 0 Å². The van der Waals surface area contributed by atoms with Gasteiger partial charge in [-0.3, -0.25) is 0 Å². The molecule has 100 valence electrons. The summed E-state index contributed by atoms with van der Waals surface area (Å²) < 4.78 is 5.87. The SMILES string of the molecule is Cc1ccc(OCC(C)(C)N(C)C)c(C(N)=S)c1. The molecule has 3 nitrogen and oxygen atoms in total. The molecular formula is C14H22N2OS. The summed E-state index contributed by atoms with van der Waals surface area (Å²) in [6, 6.07) is 5.88. The van der Waals surface area contributed by atoms with E-state index in [4.69, 9.17) is 22.7 Å². The van der Waals surface area contributed by atoms with Crippen LogP contribution >= 0.6 is 12.2 Å². The van der Waals surface area contributed by atoms with Crippen molar-refractivity contribution in [2.45, 2.75) is 26.3 Å². The first kappa shape index (κ1) is 14.9. The molecule has 0 atom stereocenters. The van der Waals surface area contributed by atoms with Crippen molar-refractivity contribution < 1.29 is 4.74 Å². The maximum Gasteiger partial charge on any atom is 0.129 e. The summed E-state index contributed by atoms with van der Waals surface area (Å²) in [4.78, 5) is 2.50. The minimum Gasteiger partial charge on any atom is -0.491 e. The summed E-state index contributed by atoms with van der Waals surface area (Å²) in [5.74, 6) is 0.753. The highest BCUT2D eigenvalue weighted by molar-refractivity contribution is 7.80. The van der Waals surface area contributed by atoms with Gasteiger partial charge in [-0.05, 0) is 47.0 Å². The molecule has 4 heteroatoms. The van der Waals surface area contributed by atoms with Crippen LogP contribution in [-0.4, -0.2) is 36.1 Å². The third kappa shape index (κ3) is 3.68. The zero-order chi connectivity index (χ0) is 13.9. The number of nitrogens with zero attached hydrogens (tertiary/aromatic N) is 1. The van der Waals surface area contributed by atoms with Gasteiger partial charge in [0.1, 0.15) is 17.3 Å². The summed E-state index contributed by atoms with van der Waals surface area (Å²) in [6.07, 6.45) is 0. The van der Waals surface area contributed by atoms with Crippen LogP contribution in [0.15, 0.2) is 18.2 Å². The van der Waals surface area contributed by atoms with Gasteiger partial charge in [-0.15, -0.1) is 0 Å². The van der Waals surface area contributed by atoms with E-state index >= 15 is 0 Å². The molecule has 1 rings (SSSR count). The van der Waals surface area contributed by atoms with Gasteiger partial charge in [-0.1, -0.05) is 23.8 Å². The predicted octanol–water partition coefficient (Wildman–Crippen LogP) is 2.35. The Morgan fingerprint density at radius 1 is 1.39 bits per heavy atom. The van der Waals surface area contributed by atoms with Crippen LogP contribution in [0.1, 0.15) is 25.0 Å². The molecule has 0 saturated heterocycles. The molecule has 1 aromatic rings. The Morgan fingerprint density at radius 2 is 2.00 bits per heavy atom. The monoisotopic (exact) mass is 266 g/mol. The second kappa shape index (κ2) is 5.67. The van der Waals surface area contributed by atoms with E-state index in [1.165, 1.54) is 0 Å². The summed E-state index contributed by atoms with van der Waals surface area (Å²) in [5, 5.41) is 0. The van der Waals surface area contributed by atoms with Crippen LogP contribution in [-0.2, 0) is 0 Å². The van der Waals surface area contributed by atoms with E-state index in [2.05, 4.69) is 18.7 Å². The highest BCUT2D eigenvalue weighted by Gasteiger charge is 2.22. The van der Waals surface area contributed by atoms with E-state index in [1.54, 1.807) is 0 Å². The average Bonchev–Trinajstić information content (AvgIpc) is 2.27. The summed E-state index contributed by atoms with van der Waals surface area (Å²) in [5.41, 5.74) is 7.61. The lowest BCUT2D eigenvalue weighted by Gasteiger charge is -2.32. The van der Waals surface area contributed by atoms with E-state index in [0.717, 1.165) is 16.9 Å². The van der Waals surface area contributed by atoms with Gasteiger partial charge in [0.05, 0.1) is 5.56 Å². The van der Waals surface area contributed by atoms with Crippen molar-refractivity contribution >= 4 is 17.2 Å². The number of benzene rings is 1. The second-order valence-corrected chi connectivity index (χ2v) is 5.80. The summed E-state index contributed by atoms with van der Waals surface area (Å²) in [6.45, 7) is 6.84. The molecule has 0 radical (unpaired) electrons. The Bertz CT molecular complexity index is 441. The van der Waals surface area contributed by atoms with Crippen molar-refractivity contribution in [1.29, 1.82) is 0 Å². The zero-order valence-electron chi connectivity index (χ0n) is 11.8. The zero-order valence-corrected chi connectivity index (χ0v) is 12.6. The molecule has 0 saturated carbocycles. The fourth-order valence-corrected chi connectivity index (χ4v) is 1.51. The first-order valence-corrected chi connectivity index (χ1v) is 6.35. The molecule has 0 aliphatic rings. The lowest BCUT2D eigenvalue weighted by atomic mass is 10.1. The van der Waals surface area contributed by atoms with Crippen LogP contribution in [0.3, 0.4) is 0 Å². The molecule has 0 aromatic heterocycles. The maximum atomic E-state index is 5.87. The van der Waals surface area contributed by atoms with Crippen LogP contribution < -0.4 is 10.5 Å². The van der Waals surface area contributed by atoms with E-state index in [-0.39, 0.29) is 5.54 Å². The molecule has 0 aliphatic carbocycles. The third-order valence-corrected chi connectivity index (χ3v) is 3.41. The smallest absolute Gasteiger partial charge is 0.129 e. The Balaban J connectivity index is 2.89. The first-order chi connectivity index (χ1) is 8.24. The number of hydrogen-bond donors (Lipinski definition) is 1. The number of hydrogen-bond acceptors (Lipinski definition) is 3. The lowest BCUT2D eigenvalue weighted by Crippen LogP contribution is -2.43. The van der Waals surface area contributed by atoms with E-state index in [9.17, 15) is 0 Å². The second-order valence-electron chi connectivity index (χ2n) is 5.36. The summed E-state index contributed by atoms with van der Waals surface area (Å²) >= 11 is 5.06. The number of thiocarbonyl (C=S) groups is 1. The molecule has 0 spiro atoms. The van der Waals surface area contributed by atoms with E-state index in [1.807, 2.05) is 39.2 Å². The Hall–Kier alpha value is -1.13. The van der Waals surface area contributed by atoms with Crippen molar-refractivity contribution in [3.8, 4) is 5.75 Å². The number of likely N-dealkylation sites (N-methyl/N-ethyl adjacent to an activating group) is 1. The van der Waals surface area contributed by atoms with Crippen LogP contribution in [0.5, 0.6) is 5.75 Å². The first-order valence-electron chi connectivity index (χ1n) is 5.95. The molecule has 1 aromatic carbocycles. The summed E-state index contributed by atoms with van der Waals surface area (Å²) in [7, 11) is 4.07. The van der Waals surface area contributed by atoms with Gasteiger partial charge in [0.15, 0.2) is 0 Å². The highest BCUT2D eigenvalue weighted by atomic mass is 32.1. The Labute approximate surface area is 115 Å². The molecule has 0 unspecified atom stereocenters. The van der Waals surface area contributed by atoms with Crippen molar-refractivity contribution in [3.63, 3.8) is 0 Å². The minimum atomic E-state index is -0.0433. The van der Waals surface area contributed by atoms with Crippen LogP contribution in [0, 0.1) is 6.92 Å². The lowest BCUT2D eigenvalue weighted by molar-refractivity contribution is 0.114. The minimum absolute atomic E-state index is 0.0433. The predicted molar refractivity (Wildman–Crippen MR) is 80.3 cm³/mol. The molecular weight excluding hydrogens is 244 g/mol. The highest BCUT2D eigenvalue weighted by Crippen LogP contribution is 2.22. The van der Waals surface area contributed by atoms with E-state index in [0.29, 0.717) is 11.6 Å². The van der Waals surface area contributed by atoms with Gasteiger partial charge in [-0.2, -0.15) is 0 Å². The average molecular weight is 266 g/mol. The molecule has 0 fully saturated rings. The van der Waals surface area contributed by atoms with Crippen molar-refractivity contribution in [3.05, 3.63) is 29.3 Å². The molecule has 0 heterocycles. The number of nitrogens with two attached hydrogens (primary N) is 1. The van der Waals surface area contributed by atoms with Gasteiger partial charge in [0, 0.05) is 5.54 Å². The number of ether oxygens (including phenoxy) is 1. The van der Waals surface area contributed by atoms with Gasteiger partial charge >= 0.3 is 0 Å². The van der Waals surface area contributed by atoms with Gasteiger partial charge in [0.2, 0.25) is 0 Å². The third-order valence-electron chi connectivity index (χ3n) is 3.19. The normalized spacial score (nSPS) is 11.7. The van der Waals surface area contributed by atoms with Crippen molar-refractivity contribution in [2.24, 2.45) is 5.73 Å². The Kier molecular flexibility index (Phi) is 4.71. The fourth-order valence-electron chi connectivity index (χ4n) is 1.35. The van der Waals surface area contributed by atoms with Gasteiger partial charge < -0.3 is 15.4 Å². The molecule has 2 N–H and O–H groups in total. The van der Waals surface area contributed by atoms with Gasteiger partial charge in [0.25, 0.3) is 0 Å². The van der Waals surface area contributed by atoms with Crippen molar-refractivity contribution in [1.82, 2.24) is 4.90 Å². The van der Waals surface area contributed by atoms with Gasteiger partial charge in [-0.25, -0.2) is 0 Å². The van der Waals surface area contributed by atoms with E-state index < -0.39 is 0 Å². The van der Waals surface area contributed by atoms with Crippen LogP contribution in [0.25, 0.3) is 0 Å². The maximum absolute atomic E-state index is 5.87. The molecule has 0 bridgehead atoms. The quantitative estimate of drug-likeness (QED) is 0.830. The molecule has 0 aliphatic heterocycles. The number of rotatable bonds is 5. The largest absolute Gasteiger partial charge is 0.491 e.